The van der Waals surface area contributed by atoms with Gasteiger partial charge in [0.2, 0.25) is 0 Å². The van der Waals surface area contributed by atoms with Crippen molar-refractivity contribution in [3.63, 3.8) is 0 Å². The van der Waals surface area contributed by atoms with Gasteiger partial charge in [0, 0.05) is 30.5 Å². The Morgan fingerprint density at radius 2 is 2.00 bits per heavy atom. The highest BCUT2D eigenvalue weighted by atomic mass is 16.5. The molecule has 2 heterocycles. The smallest absolute Gasteiger partial charge is 0.272 e. The summed E-state index contributed by atoms with van der Waals surface area (Å²) in [6, 6.07) is 10.2. The van der Waals surface area contributed by atoms with Crippen molar-refractivity contribution in [2.45, 2.75) is 19.8 Å². The summed E-state index contributed by atoms with van der Waals surface area (Å²) in [6.45, 7) is 3.63. The lowest BCUT2D eigenvalue weighted by atomic mass is 10.00. The number of carbonyl (C=O) groups is 2. The molecule has 136 valence electrons. The number of pyridine rings is 1. The molecule has 1 fully saturated rings. The van der Waals surface area contributed by atoms with E-state index >= 15 is 0 Å². The third-order valence-corrected chi connectivity index (χ3v) is 4.53. The van der Waals surface area contributed by atoms with E-state index in [9.17, 15) is 9.59 Å². The second-order valence-corrected chi connectivity index (χ2v) is 6.61. The highest BCUT2D eigenvalue weighted by molar-refractivity contribution is 6.05. The standard InChI is InChI=1S/C20H23N3O3/c1-14-4-3-11-23(13-14)20(25)18-12-15(9-10-21-18)19(24)22-16-5-7-17(26-2)8-6-16/h5-10,12,14H,3-4,11,13H2,1-2H3,(H,22,24). The molecular formula is C20H23N3O3. The number of carbonyl (C=O) groups excluding carboxylic acids is 2. The second kappa shape index (κ2) is 7.99. The Morgan fingerprint density at radius 3 is 2.69 bits per heavy atom. The molecule has 1 saturated heterocycles. The van der Waals surface area contributed by atoms with E-state index < -0.39 is 0 Å². The molecule has 1 atom stereocenters. The van der Waals surface area contributed by atoms with Crippen LogP contribution >= 0.6 is 0 Å². The number of hydrogen-bond acceptors (Lipinski definition) is 4. The number of methoxy groups -OCH3 is 1. The number of nitrogens with one attached hydrogen (secondary N) is 1. The highest BCUT2D eigenvalue weighted by Gasteiger charge is 2.23. The Bertz CT molecular complexity index is 789. The first-order valence-electron chi connectivity index (χ1n) is 8.77. The molecule has 0 radical (unpaired) electrons. The minimum atomic E-state index is -0.279. The van der Waals surface area contributed by atoms with Gasteiger partial charge in [0.25, 0.3) is 11.8 Å². The van der Waals surface area contributed by atoms with E-state index in [2.05, 4.69) is 17.2 Å². The monoisotopic (exact) mass is 353 g/mol. The molecule has 6 nitrogen and oxygen atoms in total. The van der Waals surface area contributed by atoms with Gasteiger partial charge < -0.3 is 15.0 Å². The molecule has 26 heavy (non-hydrogen) atoms. The Hall–Kier alpha value is -2.89. The van der Waals surface area contributed by atoms with Crippen molar-refractivity contribution in [2.75, 3.05) is 25.5 Å². The summed E-state index contributed by atoms with van der Waals surface area (Å²) in [4.78, 5) is 31.1. The fourth-order valence-electron chi connectivity index (χ4n) is 3.10. The summed E-state index contributed by atoms with van der Waals surface area (Å²) < 4.78 is 5.10. The molecule has 1 aliphatic heterocycles. The molecule has 0 saturated carbocycles. The Balaban J connectivity index is 1.71. The summed E-state index contributed by atoms with van der Waals surface area (Å²) in [7, 11) is 1.59. The van der Waals surface area contributed by atoms with E-state index in [0.717, 1.165) is 31.7 Å². The van der Waals surface area contributed by atoms with Crippen molar-refractivity contribution < 1.29 is 14.3 Å². The highest BCUT2D eigenvalue weighted by Crippen LogP contribution is 2.19. The number of anilines is 1. The molecule has 6 heteroatoms. The molecule has 1 aromatic heterocycles. The zero-order chi connectivity index (χ0) is 18.5. The fraction of sp³-hybridized carbons (Fsp3) is 0.350. The van der Waals surface area contributed by atoms with Crippen LogP contribution in [0.1, 0.15) is 40.6 Å². The largest absolute Gasteiger partial charge is 0.497 e. The molecule has 1 aromatic carbocycles. The van der Waals surface area contributed by atoms with Crippen LogP contribution in [-0.2, 0) is 0 Å². The van der Waals surface area contributed by atoms with Crippen molar-refractivity contribution in [1.82, 2.24) is 9.88 Å². The van der Waals surface area contributed by atoms with Gasteiger partial charge >= 0.3 is 0 Å². The minimum absolute atomic E-state index is 0.115. The van der Waals surface area contributed by atoms with E-state index in [4.69, 9.17) is 4.74 Å². The van der Waals surface area contributed by atoms with Crippen LogP contribution in [0.2, 0.25) is 0 Å². The van der Waals surface area contributed by atoms with E-state index in [1.54, 1.807) is 43.5 Å². The van der Waals surface area contributed by atoms with Crippen LogP contribution in [0, 0.1) is 5.92 Å². The van der Waals surface area contributed by atoms with Crippen molar-refractivity contribution in [1.29, 1.82) is 0 Å². The van der Waals surface area contributed by atoms with Crippen molar-refractivity contribution in [3.8, 4) is 5.75 Å². The lowest BCUT2D eigenvalue weighted by molar-refractivity contribution is 0.0677. The van der Waals surface area contributed by atoms with Gasteiger partial charge in [-0.3, -0.25) is 14.6 Å². The quantitative estimate of drug-likeness (QED) is 0.916. The molecule has 0 aliphatic carbocycles. The van der Waals surface area contributed by atoms with Gasteiger partial charge in [0.15, 0.2) is 0 Å². The lowest BCUT2D eigenvalue weighted by Gasteiger charge is -2.30. The average Bonchev–Trinajstić information content (AvgIpc) is 2.68. The van der Waals surface area contributed by atoms with Crippen LogP contribution in [0.25, 0.3) is 0 Å². The average molecular weight is 353 g/mol. The van der Waals surface area contributed by atoms with Crippen LogP contribution in [0.3, 0.4) is 0 Å². The molecule has 0 bridgehead atoms. The maximum atomic E-state index is 12.7. The van der Waals surface area contributed by atoms with Crippen LogP contribution in [-0.4, -0.2) is 41.9 Å². The van der Waals surface area contributed by atoms with Crippen molar-refractivity contribution in [3.05, 3.63) is 53.9 Å². The van der Waals surface area contributed by atoms with E-state index in [-0.39, 0.29) is 11.8 Å². The first-order valence-corrected chi connectivity index (χ1v) is 8.77. The van der Waals surface area contributed by atoms with E-state index in [1.807, 2.05) is 4.90 Å². The first-order chi connectivity index (χ1) is 12.6. The van der Waals surface area contributed by atoms with Gasteiger partial charge in [-0.2, -0.15) is 0 Å². The van der Waals surface area contributed by atoms with Crippen molar-refractivity contribution >= 4 is 17.5 Å². The topological polar surface area (TPSA) is 71.5 Å². The predicted octanol–water partition coefficient (Wildman–Crippen LogP) is 3.21. The number of amides is 2. The molecule has 3 rings (SSSR count). The summed E-state index contributed by atoms with van der Waals surface area (Å²) >= 11 is 0. The number of likely N-dealkylation sites (tertiary alicyclic amines) is 1. The van der Waals surface area contributed by atoms with Gasteiger partial charge in [-0.1, -0.05) is 6.92 Å². The number of rotatable bonds is 4. The third-order valence-electron chi connectivity index (χ3n) is 4.53. The number of benzene rings is 1. The molecule has 1 N–H and O–H groups in total. The van der Waals surface area contributed by atoms with Gasteiger partial charge in [-0.15, -0.1) is 0 Å². The SMILES string of the molecule is COc1ccc(NC(=O)c2ccnc(C(=O)N3CCCC(C)C3)c2)cc1. The van der Waals surface area contributed by atoms with E-state index in [0.29, 0.717) is 22.9 Å². The van der Waals surface area contributed by atoms with Gasteiger partial charge in [0.1, 0.15) is 11.4 Å². The van der Waals surface area contributed by atoms with Crippen molar-refractivity contribution in [2.24, 2.45) is 5.92 Å². The van der Waals surface area contributed by atoms with Gasteiger partial charge in [-0.25, -0.2) is 0 Å². The maximum absolute atomic E-state index is 12.7. The van der Waals surface area contributed by atoms with Crippen LogP contribution < -0.4 is 10.1 Å². The molecular weight excluding hydrogens is 330 g/mol. The summed E-state index contributed by atoms with van der Waals surface area (Å²) in [5.41, 5.74) is 1.37. The Labute approximate surface area is 153 Å². The second-order valence-electron chi connectivity index (χ2n) is 6.61. The minimum Gasteiger partial charge on any atom is -0.497 e. The summed E-state index contributed by atoms with van der Waals surface area (Å²) in [6.07, 6.45) is 3.65. The first kappa shape index (κ1) is 17.9. The fourth-order valence-corrected chi connectivity index (χ4v) is 3.10. The molecule has 0 spiro atoms. The molecule has 1 aliphatic rings. The van der Waals surface area contributed by atoms with Gasteiger partial charge in [-0.05, 0) is 55.2 Å². The predicted molar refractivity (Wildman–Crippen MR) is 99.5 cm³/mol. The van der Waals surface area contributed by atoms with E-state index in [1.165, 1.54) is 6.20 Å². The number of aromatic nitrogens is 1. The number of hydrogen-bond donors (Lipinski definition) is 1. The zero-order valence-corrected chi connectivity index (χ0v) is 15.1. The number of nitrogens with zero attached hydrogens (tertiary/aromatic N) is 2. The zero-order valence-electron chi connectivity index (χ0n) is 15.1. The molecule has 2 amide bonds. The molecule has 2 aromatic rings. The lowest BCUT2D eigenvalue weighted by Crippen LogP contribution is -2.39. The summed E-state index contributed by atoms with van der Waals surface area (Å²) in [5.74, 6) is 0.819. The van der Waals surface area contributed by atoms with Crippen LogP contribution in [0.4, 0.5) is 5.69 Å². The Morgan fingerprint density at radius 1 is 1.23 bits per heavy atom. The summed E-state index contributed by atoms with van der Waals surface area (Å²) in [5, 5.41) is 2.82. The normalized spacial score (nSPS) is 16.8. The molecule has 1 unspecified atom stereocenters. The van der Waals surface area contributed by atoms with Crippen LogP contribution in [0.5, 0.6) is 5.75 Å². The van der Waals surface area contributed by atoms with Crippen LogP contribution in [0.15, 0.2) is 42.6 Å². The van der Waals surface area contributed by atoms with Gasteiger partial charge in [0.05, 0.1) is 7.11 Å². The number of ether oxygens (including phenoxy) is 1. The Kier molecular flexibility index (Phi) is 5.51. The third kappa shape index (κ3) is 4.20. The maximum Gasteiger partial charge on any atom is 0.272 e. The number of piperidine rings is 1.